The number of halogens is 2. The highest BCUT2D eigenvalue weighted by Crippen LogP contribution is 2.37. The molecule has 0 radical (unpaired) electrons. The Balaban J connectivity index is 1.68. The van der Waals surface area contributed by atoms with Crippen LogP contribution in [0.3, 0.4) is 0 Å². The Bertz CT molecular complexity index is 1050. The van der Waals surface area contributed by atoms with E-state index in [0.29, 0.717) is 34.1 Å². The number of aromatic nitrogens is 1. The molecule has 5 nitrogen and oxygen atoms in total. The number of aryl methyl sites for hydroxylation is 1. The number of fused-ring (bicyclic) bond motifs is 1. The van der Waals surface area contributed by atoms with Crippen LogP contribution in [-0.2, 0) is 9.53 Å². The van der Waals surface area contributed by atoms with E-state index in [-0.39, 0.29) is 12.0 Å². The van der Waals surface area contributed by atoms with Crippen LogP contribution in [0.5, 0.6) is 5.75 Å². The number of carbonyl (C=O) groups excluding carboxylic acids is 1. The summed E-state index contributed by atoms with van der Waals surface area (Å²) in [6, 6.07) is 10.8. The van der Waals surface area contributed by atoms with Gasteiger partial charge in [0.05, 0.1) is 27.9 Å². The molecule has 1 atom stereocenters. The molecule has 0 aliphatic carbocycles. The molecule has 2 heterocycles. The first-order valence-corrected chi connectivity index (χ1v) is 11.8. The van der Waals surface area contributed by atoms with Gasteiger partial charge in [-0.2, -0.15) is 0 Å². The van der Waals surface area contributed by atoms with Crippen molar-refractivity contribution in [2.75, 3.05) is 18.1 Å². The Morgan fingerprint density at radius 3 is 2.65 bits per heavy atom. The third kappa shape index (κ3) is 4.82. The fourth-order valence-corrected chi connectivity index (χ4v) is 5.06. The predicted molar refractivity (Wildman–Crippen MR) is 127 cm³/mol. The minimum atomic E-state index is -1.12. The number of hydrogen-bond donors (Lipinski definition) is 0. The summed E-state index contributed by atoms with van der Waals surface area (Å²) in [5.74, 6) is 0.383. The van der Waals surface area contributed by atoms with Crippen molar-refractivity contribution in [3.05, 3.63) is 52.0 Å². The van der Waals surface area contributed by atoms with Gasteiger partial charge in [0.15, 0.2) is 10.7 Å². The predicted octanol–water partition coefficient (Wildman–Crippen LogP) is 6.28. The molecule has 31 heavy (non-hydrogen) atoms. The molecule has 1 amide bonds. The van der Waals surface area contributed by atoms with Gasteiger partial charge in [0.25, 0.3) is 5.91 Å². The van der Waals surface area contributed by atoms with Gasteiger partial charge in [-0.3, -0.25) is 9.69 Å². The van der Waals surface area contributed by atoms with Gasteiger partial charge in [0, 0.05) is 11.6 Å². The van der Waals surface area contributed by atoms with Gasteiger partial charge in [0.2, 0.25) is 0 Å². The smallest absolute Gasteiger partial charge is 0.272 e. The SMILES string of the molecule is Cc1ccc(Cl)c2sc(N(CC3CCCO3)C(=O)C(C)(C)Oc3ccc(Cl)cc3)nc12. The zero-order chi connectivity index (χ0) is 22.2. The molecule has 1 fully saturated rings. The molecule has 1 saturated heterocycles. The van der Waals surface area contributed by atoms with Crippen LogP contribution in [0.15, 0.2) is 36.4 Å². The summed E-state index contributed by atoms with van der Waals surface area (Å²) in [6.07, 6.45) is 1.87. The molecule has 0 bridgehead atoms. The first kappa shape index (κ1) is 22.3. The summed E-state index contributed by atoms with van der Waals surface area (Å²) >= 11 is 13.8. The number of hydrogen-bond acceptors (Lipinski definition) is 5. The fourth-order valence-electron chi connectivity index (χ4n) is 3.61. The van der Waals surface area contributed by atoms with Crippen LogP contribution in [-0.4, -0.2) is 35.7 Å². The summed E-state index contributed by atoms with van der Waals surface area (Å²) in [5.41, 5.74) is 0.709. The maximum atomic E-state index is 13.7. The summed E-state index contributed by atoms with van der Waals surface area (Å²) in [5, 5.41) is 1.84. The van der Waals surface area contributed by atoms with Gasteiger partial charge in [0.1, 0.15) is 5.75 Å². The number of thiazole rings is 1. The van der Waals surface area contributed by atoms with Crippen molar-refractivity contribution in [3.63, 3.8) is 0 Å². The van der Waals surface area contributed by atoms with Crippen molar-refractivity contribution >= 4 is 55.8 Å². The van der Waals surface area contributed by atoms with Crippen molar-refractivity contribution < 1.29 is 14.3 Å². The lowest BCUT2D eigenvalue weighted by atomic mass is 10.1. The summed E-state index contributed by atoms with van der Waals surface area (Å²) in [6.45, 7) is 6.64. The molecular weight excluding hydrogens is 455 g/mol. The first-order chi connectivity index (χ1) is 14.7. The number of carbonyl (C=O) groups is 1. The van der Waals surface area contributed by atoms with E-state index in [1.807, 2.05) is 19.1 Å². The van der Waals surface area contributed by atoms with Gasteiger partial charge < -0.3 is 9.47 Å². The topological polar surface area (TPSA) is 51.7 Å². The monoisotopic (exact) mass is 478 g/mol. The van der Waals surface area contributed by atoms with Crippen LogP contribution in [0.2, 0.25) is 10.0 Å². The Morgan fingerprint density at radius 2 is 2.00 bits per heavy atom. The molecule has 164 valence electrons. The molecule has 0 spiro atoms. The van der Waals surface area contributed by atoms with Crippen LogP contribution >= 0.6 is 34.5 Å². The lowest BCUT2D eigenvalue weighted by molar-refractivity contribution is -0.131. The molecule has 2 aromatic carbocycles. The number of ether oxygens (including phenoxy) is 2. The Hall–Kier alpha value is -1.86. The normalized spacial score (nSPS) is 16.6. The van der Waals surface area contributed by atoms with Crippen LogP contribution in [0, 0.1) is 6.92 Å². The maximum Gasteiger partial charge on any atom is 0.272 e. The highest BCUT2D eigenvalue weighted by atomic mass is 35.5. The Morgan fingerprint density at radius 1 is 1.26 bits per heavy atom. The van der Waals surface area contributed by atoms with Crippen LogP contribution < -0.4 is 9.64 Å². The standard InChI is InChI=1S/C23H24Cl2N2O3S/c1-14-6-11-18(25)20-19(14)26-22(31-20)27(13-17-5-4-12-29-17)21(28)23(2,3)30-16-9-7-15(24)8-10-16/h6-11,17H,4-5,12-13H2,1-3H3. The Labute approximate surface area is 195 Å². The highest BCUT2D eigenvalue weighted by molar-refractivity contribution is 7.23. The molecule has 3 aromatic rings. The number of rotatable bonds is 6. The van der Waals surface area contributed by atoms with Gasteiger partial charge in [-0.05, 0) is 69.5 Å². The zero-order valence-electron chi connectivity index (χ0n) is 17.7. The van der Waals surface area contributed by atoms with Crippen LogP contribution in [0.25, 0.3) is 10.2 Å². The summed E-state index contributed by atoms with van der Waals surface area (Å²) in [4.78, 5) is 20.2. The number of amides is 1. The summed E-state index contributed by atoms with van der Waals surface area (Å²) < 4.78 is 12.8. The van der Waals surface area contributed by atoms with E-state index in [0.717, 1.165) is 28.6 Å². The van der Waals surface area contributed by atoms with Gasteiger partial charge in [-0.25, -0.2) is 4.98 Å². The zero-order valence-corrected chi connectivity index (χ0v) is 20.0. The van der Waals surface area contributed by atoms with Gasteiger partial charge in [-0.1, -0.05) is 40.6 Å². The van der Waals surface area contributed by atoms with E-state index in [1.54, 1.807) is 43.0 Å². The molecule has 4 rings (SSSR count). The largest absolute Gasteiger partial charge is 0.478 e. The fraction of sp³-hybridized carbons (Fsp3) is 0.391. The molecular formula is C23H24Cl2N2O3S. The first-order valence-electron chi connectivity index (χ1n) is 10.2. The number of anilines is 1. The Kier molecular flexibility index (Phi) is 6.44. The van der Waals surface area contributed by atoms with Crippen molar-refractivity contribution in [1.29, 1.82) is 0 Å². The van der Waals surface area contributed by atoms with E-state index in [4.69, 9.17) is 37.7 Å². The van der Waals surface area contributed by atoms with Crippen molar-refractivity contribution in [1.82, 2.24) is 4.98 Å². The van der Waals surface area contributed by atoms with Crippen molar-refractivity contribution in [2.24, 2.45) is 0 Å². The number of nitrogens with zero attached hydrogens (tertiary/aromatic N) is 2. The minimum Gasteiger partial charge on any atom is -0.478 e. The molecule has 0 N–H and O–H groups in total. The van der Waals surface area contributed by atoms with Gasteiger partial charge >= 0.3 is 0 Å². The van der Waals surface area contributed by atoms with Crippen molar-refractivity contribution in [3.8, 4) is 5.75 Å². The van der Waals surface area contributed by atoms with Gasteiger partial charge in [-0.15, -0.1) is 0 Å². The van der Waals surface area contributed by atoms with E-state index in [2.05, 4.69) is 0 Å². The number of benzene rings is 2. The molecule has 1 aliphatic rings. The quantitative estimate of drug-likeness (QED) is 0.418. The van der Waals surface area contributed by atoms with E-state index < -0.39 is 5.60 Å². The lowest BCUT2D eigenvalue weighted by Gasteiger charge is -2.32. The molecule has 0 saturated carbocycles. The third-order valence-electron chi connectivity index (χ3n) is 5.27. The highest BCUT2D eigenvalue weighted by Gasteiger charge is 2.38. The second-order valence-corrected chi connectivity index (χ2v) is 9.98. The van der Waals surface area contributed by atoms with Crippen LogP contribution in [0.1, 0.15) is 32.3 Å². The summed E-state index contributed by atoms with van der Waals surface area (Å²) in [7, 11) is 0. The van der Waals surface area contributed by atoms with Crippen molar-refractivity contribution in [2.45, 2.75) is 45.3 Å². The molecule has 1 unspecified atom stereocenters. The van der Waals surface area contributed by atoms with E-state index in [9.17, 15) is 4.79 Å². The average Bonchev–Trinajstić information content (AvgIpc) is 3.40. The second-order valence-electron chi connectivity index (χ2n) is 8.16. The molecule has 1 aliphatic heterocycles. The maximum absolute atomic E-state index is 13.7. The molecule has 8 heteroatoms. The molecule has 1 aromatic heterocycles. The third-order valence-corrected chi connectivity index (χ3v) is 7.06. The van der Waals surface area contributed by atoms with Crippen LogP contribution in [0.4, 0.5) is 5.13 Å². The minimum absolute atomic E-state index is 0.0288. The van der Waals surface area contributed by atoms with E-state index >= 15 is 0 Å². The average molecular weight is 479 g/mol. The van der Waals surface area contributed by atoms with E-state index in [1.165, 1.54) is 11.3 Å². The lowest BCUT2D eigenvalue weighted by Crippen LogP contribution is -2.51. The second kappa shape index (κ2) is 8.94.